The van der Waals surface area contributed by atoms with Crippen LogP contribution in [0, 0.1) is 6.92 Å². The van der Waals surface area contributed by atoms with E-state index < -0.39 is 0 Å². The van der Waals surface area contributed by atoms with Crippen LogP contribution in [0.5, 0.6) is 0 Å². The molecule has 14 heavy (non-hydrogen) atoms. The first kappa shape index (κ1) is 9.94. The van der Waals surface area contributed by atoms with Crippen molar-refractivity contribution in [3.05, 3.63) is 13.9 Å². The summed E-state index contributed by atoms with van der Waals surface area (Å²) in [7, 11) is 0. The second-order valence-electron chi connectivity index (χ2n) is 2.43. The maximum absolute atomic E-state index is 3.99. The fourth-order valence-corrected chi connectivity index (χ4v) is 2.49. The summed E-state index contributed by atoms with van der Waals surface area (Å²) in [6.45, 7) is 2.58. The highest BCUT2D eigenvalue weighted by molar-refractivity contribution is 9.11. The van der Waals surface area contributed by atoms with E-state index in [2.05, 4.69) is 41.6 Å². The van der Waals surface area contributed by atoms with Gasteiger partial charge in [-0.3, -0.25) is 0 Å². The molecule has 1 N–H and O–H groups in total. The number of nitrogens with one attached hydrogen (secondary N) is 1. The largest absolute Gasteiger partial charge is 0.353 e. The molecule has 0 aliphatic carbocycles. The molecule has 5 nitrogen and oxygen atoms in total. The van der Waals surface area contributed by atoms with Gasteiger partial charge < -0.3 is 5.32 Å². The highest BCUT2D eigenvalue weighted by Crippen LogP contribution is 2.20. The molecule has 0 atom stereocenters. The molecule has 0 unspecified atom stereocenters. The summed E-state index contributed by atoms with van der Waals surface area (Å²) < 4.78 is 0.772. The van der Waals surface area contributed by atoms with Crippen molar-refractivity contribution in [1.29, 1.82) is 0 Å². The van der Waals surface area contributed by atoms with Crippen LogP contribution in [0.3, 0.4) is 0 Å². The number of rotatable bonds is 3. The van der Waals surface area contributed by atoms with Gasteiger partial charge in [0.2, 0.25) is 5.13 Å². The first-order valence-electron chi connectivity index (χ1n) is 3.76. The van der Waals surface area contributed by atoms with Crippen LogP contribution < -0.4 is 5.32 Å². The standard InChI is InChI=1S/C6H6BrN5S2/c1-3-9-10-4(13-3)2-8-6-12-11-5(7)14-6/h2H2,1H3,(H,8,12). The van der Waals surface area contributed by atoms with E-state index in [0.29, 0.717) is 6.54 Å². The van der Waals surface area contributed by atoms with Gasteiger partial charge in [0.15, 0.2) is 3.92 Å². The molecule has 0 fully saturated rings. The summed E-state index contributed by atoms with van der Waals surface area (Å²) in [5.74, 6) is 0. The molecule has 0 saturated heterocycles. The molecule has 8 heteroatoms. The van der Waals surface area contributed by atoms with Crippen LogP contribution in [0.15, 0.2) is 3.92 Å². The molecule has 0 amide bonds. The molecule has 0 aromatic carbocycles. The van der Waals surface area contributed by atoms with E-state index in [1.165, 1.54) is 11.3 Å². The third kappa shape index (κ3) is 2.46. The lowest BCUT2D eigenvalue weighted by Gasteiger charge is -1.95. The molecule has 2 aromatic heterocycles. The van der Waals surface area contributed by atoms with Crippen LogP contribution in [0.2, 0.25) is 0 Å². The second-order valence-corrected chi connectivity index (χ2v) is 5.95. The predicted molar refractivity (Wildman–Crippen MR) is 59.6 cm³/mol. The molecular weight excluding hydrogens is 286 g/mol. The normalized spacial score (nSPS) is 10.4. The topological polar surface area (TPSA) is 63.6 Å². The SMILES string of the molecule is Cc1nnc(CNc2nnc(Br)s2)s1. The van der Waals surface area contributed by atoms with Crippen LogP contribution in [-0.4, -0.2) is 20.4 Å². The van der Waals surface area contributed by atoms with Crippen molar-refractivity contribution < 1.29 is 0 Å². The zero-order valence-corrected chi connectivity index (χ0v) is 10.4. The summed E-state index contributed by atoms with van der Waals surface area (Å²) in [5, 5.41) is 21.5. The number of aryl methyl sites for hydroxylation is 1. The Bertz CT molecular complexity index is 385. The summed E-state index contributed by atoms with van der Waals surface area (Å²) >= 11 is 6.27. The zero-order valence-electron chi connectivity index (χ0n) is 7.19. The number of halogens is 1. The lowest BCUT2D eigenvalue weighted by Crippen LogP contribution is -1.98. The molecule has 0 spiro atoms. The quantitative estimate of drug-likeness (QED) is 0.938. The Morgan fingerprint density at radius 3 is 2.64 bits per heavy atom. The average Bonchev–Trinajstić information content (AvgIpc) is 2.72. The fraction of sp³-hybridized carbons (Fsp3) is 0.333. The number of anilines is 1. The minimum Gasteiger partial charge on any atom is -0.353 e. The Hall–Kier alpha value is -0.600. The Kier molecular flexibility index (Phi) is 3.04. The average molecular weight is 292 g/mol. The summed E-state index contributed by atoms with van der Waals surface area (Å²) in [5.41, 5.74) is 0. The van der Waals surface area contributed by atoms with Crippen molar-refractivity contribution in [2.75, 3.05) is 5.32 Å². The van der Waals surface area contributed by atoms with Gasteiger partial charge in [-0.25, -0.2) is 0 Å². The Morgan fingerprint density at radius 1 is 1.21 bits per heavy atom. The van der Waals surface area contributed by atoms with Crippen LogP contribution in [0.4, 0.5) is 5.13 Å². The second kappa shape index (κ2) is 4.28. The first-order chi connectivity index (χ1) is 6.74. The van der Waals surface area contributed by atoms with Gasteiger partial charge in [-0.1, -0.05) is 22.7 Å². The summed E-state index contributed by atoms with van der Waals surface area (Å²) in [6.07, 6.45) is 0. The van der Waals surface area contributed by atoms with Crippen molar-refractivity contribution >= 4 is 43.7 Å². The highest BCUT2D eigenvalue weighted by Gasteiger charge is 2.03. The van der Waals surface area contributed by atoms with E-state index in [0.717, 1.165) is 19.1 Å². The van der Waals surface area contributed by atoms with Crippen LogP contribution in [-0.2, 0) is 6.54 Å². The molecule has 0 radical (unpaired) electrons. The van der Waals surface area contributed by atoms with Gasteiger partial charge in [-0.2, -0.15) is 0 Å². The lowest BCUT2D eigenvalue weighted by molar-refractivity contribution is 0.961. The molecular formula is C6H6BrN5S2. The van der Waals surface area contributed by atoms with Crippen molar-refractivity contribution in [2.45, 2.75) is 13.5 Å². The van der Waals surface area contributed by atoms with Gasteiger partial charge in [-0.05, 0) is 22.9 Å². The van der Waals surface area contributed by atoms with Crippen molar-refractivity contribution in [3.63, 3.8) is 0 Å². The predicted octanol–water partition coefficient (Wildman–Crippen LogP) is 2.07. The van der Waals surface area contributed by atoms with Gasteiger partial charge in [0, 0.05) is 0 Å². The van der Waals surface area contributed by atoms with E-state index in [-0.39, 0.29) is 0 Å². The van der Waals surface area contributed by atoms with Crippen molar-refractivity contribution in [3.8, 4) is 0 Å². The highest BCUT2D eigenvalue weighted by atomic mass is 79.9. The molecule has 74 valence electrons. The van der Waals surface area contributed by atoms with Crippen LogP contribution in [0.25, 0.3) is 0 Å². The maximum Gasteiger partial charge on any atom is 0.206 e. The molecule has 0 aliphatic heterocycles. The van der Waals surface area contributed by atoms with Crippen LogP contribution in [0.1, 0.15) is 10.0 Å². The third-order valence-electron chi connectivity index (χ3n) is 1.36. The van der Waals surface area contributed by atoms with E-state index in [1.807, 2.05) is 6.92 Å². The Balaban J connectivity index is 1.94. The van der Waals surface area contributed by atoms with Gasteiger partial charge in [0.1, 0.15) is 10.0 Å². The molecule has 2 heterocycles. The van der Waals surface area contributed by atoms with Crippen molar-refractivity contribution in [1.82, 2.24) is 20.4 Å². The van der Waals surface area contributed by atoms with Crippen molar-refractivity contribution in [2.24, 2.45) is 0 Å². The fourth-order valence-electron chi connectivity index (χ4n) is 0.837. The Labute approximate surface area is 96.7 Å². The zero-order chi connectivity index (χ0) is 9.97. The minimum atomic E-state index is 0.646. The molecule has 0 aliphatic rings. The smallest absolute Gasteiger partial charge is 0.206 e. The number of hydrogen-bond donors (Lipinski definition) is 1. The van der Waals surface area contributed by atoms with Gasteiger partial charge in [-0.15, -0.1) is 20.4 Å². The van der Waals surface area contributed by atoms with Gasteiger partial charge >= 0.3 is 0 Å². The number of nitrogens with zero attached hydrogens (tertiary/aromatic N) is 4. The Morgan fingerprint density at radius 2 is 2.07 bits per heavy atom. The van der Waals surface area contributed by atoms with Crippen LogP contribution >= 0.6 is 38.6 Å². The van der Waals surface area contributed by atoms with E-state index >= 15 is 0 Å². The summed E-state index contributed by atoms with van der Waals surface area (Å²) in [4.78, 5) is 0. The lowest BCUT2D eigenvalue weighted by atomic mass is 10.7. The molecule has 0 saturated carbocycles. The van der Waals surface area contributed by atoms with E-state index in [1.54, 1.807) is 11.3 Å². The molecule has 2 rings (SSSR count). The summed E-state index contributed by atoms with van der Waals surface area (Å²) in [6, 6.07) is 0. The minimum absolute atomic E-state index is 0.646. The number of hydrogen-bond acceptors (Lipinski definition) is 7. The van der Waals surface area contributed by atoms with Gasteiger partial charge in [0.25, 0.3) is 0 Å². The maximum atomic E-state index is 3.99. The third-order valence-corrected chi connectivity index (χ3v) is 3.51. The van der Waals surface area contributed by atoms with Gasteiger partial charge in [0.05, 0.1) is 6.54 Å². The molecule has 2 aromatic rings. The van der Waals surface area contributed by atoms with E-state index in [9.17, 15) is 0 Å². The first-order valence-corrected chi connectivity index (χ1v) is 6.18. The number of aromatic nitrogens is 4. The molecule has 0 bridgehead atoms. The monoisotopic (exact) mass is 291 g/mol. The van der Waals surface area contributed by atoms with E-state index in [4.69, 9.17) is 0 Å².